The highest BCUT2D eigenvalue weighted by Gasteiger charge is 2.18. The van der Waals surface area contributed by atoms with Gasteiger partial charge in [0.1, 0.15) is 5.69 Å². The van der Waals surface area contributed by atoms with Crippen LogP contribution >= 0.6 is 11.8 Å². The Balaban J connectivity index is 2.07. The Morgan fingerprint density at radius 1 is 1.71 bits per heavy atom. The molecule has 1 atom stereocenters. The fourth-order valence-electron chi connectivity index (χ4n) is 1.77. The smallest absolute Gasteiger partial charge is 0.352 e. The standard InChI is InChI=1S/C10H13NO2S/c12-10(13)9-2-1-4-11(9)6-8-3-5-14-7-8/h1-2,4,8H,3,5-7H2,(H,12,13). The molecule has 1 fully saturated rings. The van der Waals surface area contributed by atoms with Gasteiger partial charge in [0.25, 0.3) is 0 Å². The fourth-order valence-corrected chi connectivity index (χ4v) is 3.05. The van der Waals surface area contributed by atoms with Crippen LogP contribution in [-0.2, 0) is 6.54 Å². The van der Waals surface area contributed by atoms with Crippen LogP contribution in [0.25, 0.3) is 0 Å². The maximum atomic E-state index is 10.8. The second kappa shape index (κ2) is 4.09. The van der Waals surface area contributed by atoms with E-state index in [1.165, 1.54) is 12.2 Å². The quantitative estimate of drug-likeness (QED) is 0.830. The molecule has 0 amide bonds. The molecule has 76 valence electrons. The molecule has 0 aliphatic carbocycles. The number of carboxylic acids is 1. The molecule has 4 heteroatoms. The van der Waals surface area contributed by atoms with E-state index in [4.69, 9.17) is 5.11 Å². The molecule has 0 saturated carbocycles. The van der Waals surface area contributed by atoms with Crippen LogP contribution in [0.5, 0.6) is 0 Å². The van der Waals surface area contributed by atoms with Gasteiger partial charge in [-0.15, -0.1) is 0 Å². The molecule has 1 saturated heterocycles. The number of hydrogen-bond donors (Lipinski definition) is 1. The normalized spacial score (nSPS) is 21.3. The molecule has 1 aliphatic heterocycles. The van der Waals surface area contributed by atoms with E-state index in [1.807, 2.05) is 22.5 Å². The number of rotatable bonds is 3. The molecule has 3 nitrogen and oxygen atoms in total. The van der Waals surface area contributed by atoms with Crippen molar-refractivity contribution >= 4 is 17.7 Å². The Hall–Kier alpha value is -0.900. The number of thioether (sulfide) groups is 1. The molecular weight excluding hydrogens is 198 g/mol. The molecule has 1 unspecified atom stereocenters. The van der Waals surface area contributed by atoms with Crippen LogP contribution in [0.2, 0.25) is 0 Å². The lowest BCUT2D eigenvalue weighted by Gasteiger charge is -2.11. The molecule has 1 aromatic heterocycles. The van der Waals surface area contributed by atoms with Crippen molar-refractivity contribution in [3.8, 4) is 0 Å². The lowest BCUT2D eigenvalue weighted by Crippen LogP contribution is -2.14. The van der Waals surface area contributed by atoms with E-state index in [-0.39, 0.29) is 0 Å². The number of carbonyl (C=O) groups is 1. The van der Waals surface area contributed by atoms with Crippen molar-refractivity contribution in [2.45, 2.75) is 13.0 Å². The Morgan fingerprint density at radius 2 is 2.57 bits per heavy atom. The topological polar surface area (TPSA) is 42.2 Å². The van der Waals surface area contributed by atoms with Crippen molar-refractivity contribution in [2.75, 3.05) is 11.5 Å². The van der Waals surface area contributed by atoms with Crippen molar-refractivity contribution in [2.24, 2.45) is 5.92 Å². The summed E-state index contributed by atoms with van der Waals surface area (Å²) in [5.74, 6) is 2.19. The van der Waals surface area contributed by atoms with Gasteiger partial charge in [-0.2, -0.15) is 11.8 Å². The average Bonchev–Trinajstić information content (AvgIpc) is 2.75. The first kappa shape index (κ1) is 9.65. The second-order valence-corrected chi connectivity index (χ2v) is 4.73. The first-order valence-electron chi connectivity index (χ1n) is 4.73. The van der Waals surface area contributed by atoms with Gasteiger partial charge >= 0.3 is 5.97 Å². The lowest BCUT2D eigenvalue weighted by molar-refractivity contribution is 0.0684. The number of carboxylic acid groups (broad SMARTS) is 1. The zero-order valence-electron chi connectivity index (χ0n) is 7.85. The summed E-state index contributed by atoms with van der Waals surface area (Å²) in [6.45, 7) is 0.849. The monoisotopic (exact) mass is 211 g/mol. The highest BCUT2D eigenvalue weighted by molar-refractivity contribution is 7.99. The van der Waals surface area contributed by atoms with E-state index in [2.05, 4.69) is 0 Å². The van der Waals surface area contributed by atoms with Gasteiger partial charge in [0.05, 0.1) is 0 Å². The minimum atomic E-state index is -0.833. The molecular formula is C10H13NO2S. The number of hydrogen-bond acceptors (Lipinski definition) is 2. The first-order chi connectivity index (χ1) is 6.77. The van der Waals surface area contributed by atoms with Crippen molar-refractivity contribution < 1.29 is 9.90 Å². The summed E-state index contributed by atoms with van der Waals surface area (Å²) in [6.07, 6.45) is 3.06. The highest BCUT2D eigenvalue weighted by atomic mass is 32.2. The van der Waals surface area contributed by atoms with Crippen molar-refractivity contribution in [3.05, 3.63) is 24.0 Å². The molecule has 0 spiro atoms. The largest absolute Gasteiger partial charge is 0.477 e. The second-order valence-electron chi connectivity index (χ2n) is 3.58. The van der Waals surface area contributed by atoms with Crippen LogP contribution < -0.4 is 0 Å². The third-order valence-electron chi connectivity index (χ3n) is 2.53. The van der Waals surface area contributed by atoms with E-state index < -0.39 is 5.97 Å². The average molecular weight is 211 g/mol. The third kappa shape index (κ3) is 1.95. The van der Waals surface area contributed by atoms with Crippen LogP contribution in [0.1, 0.15) is 16.9 Å². The zero-order valence-corrected chi connectivity index (χ0v) is 8.67. The van der Waals surface area contributed by atoms with Gasteiger partial charge < -0.3 is 9.67 Å². The Kier molecular flexibility index (Phi) is 2.82. The van der Waals surface area contributed by atoms with Gasteiger partial charge in [0.2, 0.25) is 0 Å². The summed E-state index contributed by atoms with van der Waals surface area (Å²) >= 11 is 1.96. The maximum absolute atomic E-state index is 10.8. The third-order valence-corrected chi connectivity index (χ3v) is 3.76. The Labute approximate surface area is 87.1 Å². The lowest BCUT2D eigenvalue weighted by atomic mass is 10.1. The van der Waals surface area contributed by atoms with Crippen LogP contribution in [0, 0.1) is 5.92 Å². The van der Waals surface area contributed by atoms with Crippen LogP contribution in [-0.4, -0.2) is 27.1 Å². The predicted molar refractivity (Wildman–Crippen MR) is 56.8 cm³/mol. The number of aromatic nitrogens is 1. The number of aromatic carboxylic acids is 1. The van der Waals surface area contributed by atoms with E-state index in [9.17, 15) is 4.79 Å². The molecule has 0 radical (unpaired) electrons. The van der Waals surface area contributed by atoms with E-state index in [1.54, 1.807) is 12.1 Å². The van der Waals surface area contributed by atoms with Crippen LogP contribution in [0.15, 0.2) is 18.3 Å². The molecule has 0 bridgehead atoms. The first-order valence-corrected chi connectivity index (χ1v) is 5.89. The molecule has 1 N–H and O–H groups in total. The van der Waals surface area contributed by atoms with Gasteiger partial charge in [0, 0.05) is 12.7 Å². The summed E-state index contributed by atoms with van der Waals surface area (Å²) in [7, 11) is 0. The van der Waals surface area contributed by atoms with Gasteiger partial charge in [-0.25, -0.2) is 4.79 Å². The SMILES string of the molecule is O=C(O)c1cccn1CC1CCSC1. The van der Waals surface area contributed by atoms with Crippen molar-refractivity contribution in [3.63, 3.8) is 0 Å². The number of nitrogens with zero attached hydrogens (tertiary/aromatic N) is 1. The maximum Gasteiger partial charge on any atom is 0.352 e. The molecule has 0 aromatic carbocycles. The van der Waals surface area contributed by atoms with Gasteiger partial charge in [-0.3, -0.25) is 0 Å². The molecule has 2 rings (SSSR count). The fraction of sp³-hybridized carbons (Fsp3) is 0.500. The highest BCUT2D eigenvalue weighted by Crippen LogP contribution is 2.25. The summed E-state index contributed by atoms with van der Waals surface area (Å²) in [4.78, 5) is 10.8. The van der Waals surface area contributed by atoms with E-state index >= 15 is 0 Å². The van der Waals surface area contributed by atoms with E-state index in [0.29, 0.717) is 11.6 Å². The minimum absolute atomic E-state index is 0.405. The zero-order chi connectivity index (χ0) is 9.97. The van der Waals surface area contributed by atoms with Crippen molar-refractivity contribution in [1.82, 2.24) is 4.57 Å². The molecule has 1 aromatic rings. The minimum Gasteiger partial charge on any atom is -0.477 e. The van der Waals surface area contributed by atoms with Gasteiger partial charge in [-0.05, 0) is 36.0 Å². The van der Waals surface area contributed by atoms with Gasteiger partial charge in [-0.1, -0.05) is 0 Å². The van der Waals surface area contributed by atoms with Crippen LogP contribution in [0.3, 0.4) is 0 Å². The summed E-state index contributed by atoms with van der Waals surface area (Å²) in [6, 6.07) is 3.45. The summed E-state index contributed by atoms with van der Waals surface area (Å²) in [5.41, 5.74) is 0.405. The summed E-state index contributed by atoms with van der Waals surface area (Å²) in [5, 5.41) is 8.90. The Bertz CT molecular complexity index is 329. The van der Waals surface area contributed by atoms with Crippen LogP contribution in [0.4, 0.5) is 0 Å². The molecule has 14 heavy (non-hydrogen) atoms. The molecule has 1 aliphatic rings. The van der Waals surface area contributed by atoms with Gasteiger partial charge in [0.15, 0.2) is 0 Å². The predicted octanol–water partition coefficient (Wildman–Crippen LogP) is 1.94. The molecule has 2 heterocycles. The summed E-state index contributed by atoms with van der Waals surface area (Å²) < 4.78 is 1.85. The Morgan fingerprint density at radius 3 is 3.21 bits per heavy atom. The van der Waals surface area contributed by atoms with Crippen molar-refractivity contribution in [1.29, 1.82) is 0 Å². The van der Waals surface area contributed by atoms with E-state index in [0.717, 1.165) is 12.3 Å².